The SMILES string of the molecule is CCOC(=O)c1cn(Cc2ccccn2)nc1S(=O)(=O)NC(=O)Nc1nc(OC)cc(OC)n1. The van der Waals surface area contributed by atoms with E-state index in [0.29, 0.717) is 5.69 Å². The minimum Gasteiger partial charge on any atom is -0.481 e. The topological polar surface area (TPSA) is 177 Å². The number of methoxy groups -OCH3 is 2. The number of carbonyl (C=O) groups is 2. The summed E-state index contributed by atoms with van der Waals surface area (Å²) in [5, 5.41) is 5.44. The Kier molecular flexibility index (Phi) is 7.57. The zero-order valence-corrected chi connectivity index (χ0v) is 19.2. The van der Waals surface area contributed by atoms with Gasteiger partial charge in [-0.3, -0.25) is 15.0 Å². The molecule has 180 valence electrons. The first kappa shape index (κ1) is 24.4. The highest BCUT2D eigenvalue weighted by Crippen LogP contribution is 2.18. The van der Waals surface area contributed by atoms with Crippen molar-refractivity contribution in [3.05, 3.63) is 47.9 Å². The van der Waals surface area contributed by atoms with E-state index in [1.54, 1.807) is 36.0 Å². The van der Waals surface area contributed by atoms with Gasteiger partial charge in [0.15, 0.2) is 0 Å². The Labute approximate surface area is 194 Å². The molecular formula is C19H21N7O7S. The van der Waals surface area contributed by atoms with Crippen LogP contribution < -0.4 is 19.5 Å². The monoisotopic (exact) mass is 491 g/mol. The molecule has 0 saturated carbocycles. The number of hydrogen-bond donors (Lipinski definition) is 2. The smallest absolute Gasteiger partial charge is 0.342 e. The number of carbonyl (C=O) groups excluding carboxylic acids is 2. The van der Waals surface area contributed by atoms with Gasteiger partial charge >= 0.3 is 12.0 Å². The van der Waals surface area contributed by atoms with Gasteiger partial charge in [-0.2, -0.15) is 23.5 Å². The number of sulfonamides is 1. The zero-order chi connectivity index (χ0) is 24.7. The van der Waals surface area contributed by atoms with Gasteiger partial charge in [0.25, 0.3) is 10.0 Å². The van der Waals surface area contributed by atoms with Crippen LogP contribution in [0.5, 0.6) is 11.8 Å². The molecule has 34 heavy (non-hydrogen) atoms. The van der Waals surface area contributed by atoms with Crippen LogP contribution >= 0.6 is 0 Å². The molecule has 2 N–H and O–H groups in total. The molecule has 3 rings (SSSR count). The highest BCUT2D eigenvalue weighted by atomic mass is 32.2. The molecule has 0 atom stereocenters. The number of nitrogens with one attached hydrogen (secondary N) is 2. The van der Waals surface area contributed by atoms with E-state index in [2.05, 4.69) is 25.4 Å². The second-order valence-corrected chi connectivity index (χ2v) is 8.02. The standard InChI is InChI=1S/C19H21N7O7S/c1-4-33-17(27)13-11-26(10-12-7-5-6-8-20-12)24-16(13)34(29,30)25-19(28)23-18-21-14(31-2)9-15(22-18)32-3/h5-9,11H,4,10H2,1-3H3,(H2,21,22,23,25,28). The fourth-order valence-corrected chi connectivity index (χ4v) is 3.69. The fourth-order valence-electron chi connectivity index (χ4n) is 2.66. The van der Waals surface area contributed by atoms with Crippen LogP contribution in [0, 0.1) is 0 Å². The number of pyridine rings is 1. The number of anilines is 1. The van der Waals surface area contributed by atoms with Crippen LogP contribution in [0.15, 0.2) is 41.7 Å². The Bertz CT molecular complexity index is 1260. The molecule has 0 bridgehead atoms. The zero-order valence-electron chi connectivity index (χ0n) is 18.4. The molecule has 0 aromatic carbocycles. The number of nitrogens with zero attached hydrogens (tertiary/aromatic N) is 5. The molecule has 3 aromatic rings. The van der Waals surface area contributed by atoms with Crippen LogP contribution in [-0.2, 0) is 21.3 Å². The van der Waals surface area contributed by atoms with E-state index in [9.17, 15) is 18.0 Å². The molecule has 0 fully saturated rings. The summed E-state index contributed by atoms with van der Waals surface area (Å²) in [5.74, 6) is -1.06. The summed E-state index contributed by atoms with van der Waals surface area (Å²) in [6.07, 6.45) is 2.76. The second kappa shape index (κ2) is 10.6. The summed E-state index contributed by atoms with van der Waals surface area (Å²) in [6.45, 7) is 1.65. The van der Waals surface area contributed by atoms with Gasteiger partial charge in [0, 0.05) is 12.4 Å². The molecule has 0 aliphatic rings. The molecule has 0 aliphatic carbocycles. The lowest BCUT2D eigenvalue weighted by Gasteiger charge is -2.09. The van der Waals surface area contributed by atoms with E-state index in [0.717, 1.165) is 0 Å². The number of rotatable bonds is 9. The molecule has 0 radical (unpaired) electrons. The van der Waals surface area contributed by atoms with Gasteiger partial charge in [-0.25, -0.2) is 14.3 Å². The van der Waals surface area contributed by atoms with Gasteiger partial charge in [0.1, 0.15) is 5.56 Å². The maximum absolute atomic E-state index is 12.9. The Morgan fingerprint density at radius 1 is 1.12 bits per heavy atom. The molecule has 3 heterocycles. The Hall–Kier alpha value is -4.27. The van der Waals surface area contributed by atoms with Gasteiger partial charge < -0.3 is 14.2 Å². The molecule has 0 saturated heterocycles. The van der Waals surface area contributed by atoms with Gasteiger partial charge in [-0.05, 0) is 19.1 Å². The van der Waals surface area contributed by atoms with Crippen molar-refractivity contribution >= 4 is 28.0 Å². The predicted molar refractivity (Wildman–Crippen MR) is 116 cm³/mol. The summed E-state index contributed by atoms with van der Waals surface area (Å²) in [5.41, 5.74) is 0.219. The van der Waals surface area contributed by atoms with Crippen LogP contribution in [-0.4, -0.2) is 66.0 Å². The number of esters is 1. The predicted octanol–water partition coefficient (Wildman–Crippen LogP) is 0.821. The minimum atomic E-state index is -4.61. The van der Waals surface area contributed by atoms with E-state index in [-0.39, 0.29) is 36.4 Å². The van der Waals surface area contributed by atoms with Crippen LogP contribution in [0.2, 0.25) is 0 Å². The number of urea groups is 1. The first-order chi connectivity index (χ1) is 16.2. The third kappa shape index (κ3) is 5.94. The third-order valence-electron chi connectivity index (χ3n) is 4.08. The molecular weight excluding hydrogens is 470 g/mol. The van der Waals surface area contributed by atoms with Gasteiger partial charge in [0.2, 0.25) is 22.7 Å². The lowest BCUT2D eigenvalue weighted by molar-refractivity contribution is 0.0521. The average molecular weight is 491 g/mol. The number of amides is 2. The lowest BCUT2D eigenvalue weighted by Crippen LogP contribution is -2.36. The quantitative estimate of drug-likeness (QED) is 0.405. The van der Waals surface area contributed by atoms with E-state index >= 15 is 0 Å². The Morgan fingerprint density at radius 2 is 1.82 bits per heavy atom. The Balaban J connectivity index is 1.86. The van der Waals surface area contributed by atoms with Crippen molar-refractivity contribution < 1.29 is 32.2 Å². The van der Waals surface area contributed by atoms with Gasteiger partial charge in [-0.1, -0.05) is 6.07 Å². The summed E-state index contributed by atoms with van der Waals surface area (Å²) in [4.78, 5) is 36.7. The molecule has 3 aromatic heterocycles. The molecule has 0 spiro atoms. The molecule has 2 amide bonds. The maximum atomic E-state index is 12.9. The molecule has 0 unspecified atom stereocenters. The van der Waals surface area contributed by atoms with E-state index < -0.39 is 27.0 Å². The fraction of sp³-hybridized carbons (Fsp3) is 0.263. The molecule has 15 heteroatoms. The van der Waals surface area contributed by atoms with Crippen molar-refractivity contribution in [2.75, 3.05) is 26.1 Å². The second-order valence-electron chi connectivity index (χ2n) is 6.42. The average Bonchev–Trinajstić information content (AvgIpc) is 3.24. The summed E-state index contributed by atoms with van der Waals surface area (Å²) in [6, 6.07) is 5.33. The van der Waals surface area contributed by atoms with Gasteiger partial charge in [0.05, 0.1) is 39.1 Å². The molecule has 0 aliphatic heterocycles. The van der Waals surface area contributed by atoms with Crippen molar-refractivity contribution in [3.63, 3.8) is 0 Å². The van der Waals surface area contributed by atoms with Crippen molar-refractivity contribution in [3.8, 4) is 11.8 Å². The highest BCUT2D eigenvalue weighted by molar-refractivity contribution is 7.90. The van der Waals surface area contributed by atoms with Gasteiger partial charge in [-0.15, -0.1) is 0 Å². The summed E-state index contributed by atoms with van der Waals surface area (Å²) < 4.78 is 43.7. The Morgan fingerprint density at radius 3 is 2.41 bits per heavy atom. The van der Waals surface area contributed by atoms with Crippen molar-refractivity contribution in [1.29, 1.82) is 0 Å². The first-order valence-corrected chi connectivity index (χ1v) is 11.2. The van der Waals surface area contributed by atoms with Crippen LogP contribution in [0.4, 0.5) is 10.7 Å². The number of hydrogen-bond acceptors (Lipinski definition) is 11. The minimum absolute atomic E-state index is 0.00662. The summed E-state index contributed by atoms with van der Waals surface area (Å²) in [7, 11) is -1.93. The number of ether oxygens (including phenoxy) is 3. The highest BCUT2D eigenvalue weighted by Gasteiger charge is 2.30. The van der Waals surface area contributed by atoms with Crippen LogP contribution in [0.25, 0.3) is 0 Å². The van der Waals surface area contributed by atoms with Crippen molar-refractivity contribution in [2.45, 2.75) is 18.5 Å². The normalized spacial score (nSPS) is 10.9. The lowest BCUT2D eigenvalue weighted by atomic mass is 10.3. The van der Waals surface area contributed by atoms with Crippen molar-refractivity contribution in [1.82, 2.24) is 29.5 Å². The van der Waals surface area contributed by atoms with E-state index in [1.165, 1.54) is 31.2 Å². The van der Waals surface area contributed by atoms with Crippen LogP contribution in [0.1, 0.15) is 23.0 Å². The van der Waals surface area contributed by atoms with E-state index in [4.69, 9.17) is 14.2 Å². The van der Waals surface area contributed by atoms with E-state index in [1.807, 2.05) is 0 Å². The van der Waals surface area contributed by atoms with Crippen molar-refractivity contribution in [2.24, 2.45) is 0 Å². The largest absolute Gasteiger partial charge is 0.481 e. The maximum Gasteiger partial charge on any atom is 0.342 e. The summed E-state index contributed by atoms with van der Waals surface area (Å²) >= 11 is 0. The van der Waals surface area contributed by atoms with Crippen LogP contribution in [0.3, 0.4) is 0 Å². The number of aromatic nitrogens is 5. The molecule has 14 nitrogen and oxygen atoms in total. The third-order valence-corrected chi connectivity index (χ3v) is 5.34. The first-order valence-electron chi connectivity index (χ1n) is 9.71.